The molecule has 0 radical (unpaired) electrons. The molecule has 1 aliphatic rings. The molecule has 0 aliphatic heterocycles. The second-order valence-electron chi connectivity index (χ2n) is 6.07. The number of benzene rings is 1. The fourth-order valence-electron chi connectivity index (χ4n) is 3.11. The Labute approximate surface area is 135 Å². The molecule has 3 rings (SSSR count). The molecule has 0 spiro atoms. The van der Waals surface area contributed by atoms with E-state index in [1.54, 1.807) is 11.3 Å². The van der Waals surface area contributed by atoms with E-state index in [0.717, 1.165) is 34.3 Å². The highest BCUT2D eigenvalue weighted by molar-refractivity contribution is 7.09. The lowest BCUT2D eigenvalue weighted by Gasteiger charge is -2.09. The van der Waals surface area contributed by atoms with Gasteiger partial charge in [-0.05, 0) is 31.4 Å². The molecule has 1 fully saturated rings. The van der Waals surface area contributed by atoms with E-state index in [2.05, 4.69) is 15.7 Å². The van der Waals surface area contributed by atoms with Gasteiger partial charge in [-0.15, -0.1) is 11.3 Å². The highest BCUT2D eigenvalue weighted by Gasteiger charge is 2.16. The third-order valence-corrected chi connectivity index (χ3v) is 5.09. The van der Waals surface area contributed by atoms with Crippen LogP contribution in [0, 0.1) is 12.8 Å². The molecule has 1 N–H and O–H groups in total. The van der Waals surface area contributed by atoms with Gasteiger partial charge < -0.3 is 5.32 Å². The average Bonchev–Trinajstić information content (AvgIpc) is 3.17. The molecule has 0 bridgehead atoms. The highest BCUT2D eigenvalue weighted by atomic mass is 32.1. The molecule has 4 heteroatoms. The van der Waals surface area contributed by atoms with E-state index in [-0.39, 0.29) is 5.91 Å². The fourth-order valence-corrected chi connectivity index (χ4v) is 3.73. The topological polar surface area (TPSA) is 42.0 Å². The summed E-state index contributed by atoms with van der Waals surface area (Å²) in [4.78, 5) is 16.6. The van der Waals surface area contributed by atoms with E-state index in [9.17, 15) is 4.79 Å². The standard InChI is InChI=1S/C18H22N2OS/c1-13-19-17(12-22-13)15-7-4-8-16(11-15)20-18(21)10-9-14-5-2-3-6-14/h4,7-8,11-12,14H,2-3,5-6,9-10H2,1H3,(H,20,21). The number of carbonyl (C=O) groups is 1. The Bertz CT molecular complexity index is 644. The Kier molecular flexibility index (Phi) is 4.88. The molecule has 1 amide bonds. The first-order valence-electron chi connectivity index (χ1n) is 8.03. The number of anilines is 1. The summed E-state index contributed by atoms with van der Waals surface area (Å²) in [6.45, 7) is 2.00. The lowest BCUT2D eigenvalue weighted by atomic mass is 10.0. The van der Waals surface area contributed by atoms with E-state index in [0.29, 0.717) is 6.42 Å². The number of thiazole rings is 1. The van der Waals surface area contributed by atoms with E-state index in [4.69, 9.17) is 0 Å². The summed E-state index contributed by atoms with van der Waals surface area (Å²) in [5, 5.41) is 6.13. The first kappa shape index (κ1) is 15.2. The first-order chi connectivity index (χ1) is 10.7. The predicted molar refractivity (Wildman–Crippen MR) is 92.1 cm³/mol. The Hall–Kier alpha value is -1.68. The molecule has 22 heavy (non-hydrogen) atoms. The highest BCUT2D eigenvalue weighted by Crippen LogP contribution is 2.29. The van der Waals surface area contributed by atoms with Crippen molar-refractivity contribution < 1.29 is 4.79 Å². The summed E-state index contributed by atoms with van der Waals surface area (Å²) in [6, 6.07) is 7.94. The Morgan fingerprint density at radius 1 is 1.36 bits per heavy atom. The van der Waals surface area contributed by atoms with Gasteiger partial charge in [0.25, 0.3) is 0 Å². The van der Waals surface area contributed by atoms with Gasteiger partial charge in [0.15, 0.2) is 0 Å². The number of aryl methyl sites for hydroxylation is 1. The minimum atomic E-state index is 0.124. The van der Waals surface area contributed by atoms with E-state index in [1.165, 1.54) is 25.7 Å². The molecular formula is C18H22N2OS. The van der Waals surface area contributed by atoms with Crippen LogP contribution in [0.15, 0.2) is 29.6 Å². The van der Waals surface area contributed by atoms with Gasteiger partial charge in [0, 0.05) is 23.1 Å². The zero-order chi connectivity index (χ0) is 15.4. The minimum Gasteiger partial charge on any atom is -0.326 e. The molecule has 1 aromatic heterocycles. The molecule has 1 heterocycles. The van der Waals surface area contributed by atoms with Crippen molar-refractivity contribution >= 4 is 22.9 Å². The molecule has 116 valence electrons. The maximum Gasteiger partial charge on any atom is 0.224 e. The number of rotatable bonds is 5. The van der Waals surface area contributed by atoms with E-state index < -0.39 is 0 Å². The number of carbonyl (C=O) groups excluding carboxylic acids is 1. The molecular weight excluding hydrogens is 292 g/mol. The van der Waals surface area contributed by atoms with Crippen molar-refractivity contribution in [3.63, 3.8) is 0 Å². The summed E-state index contributed by atoms with van der Waals surface area (Å²) in [6.07, 6.45) is 6.92. The Morgan fingerprint density at radius 2 is 2.18 bits per heavy atom. The van der Waals surface area contributed by atoms with Gasteiger partial charge in [-0.1, -0.05) is 37.8 Å². The maximum absolute atomic E-state index is 12.1. The predicted octanol–water partition coefficient (Wildman–Crippen LogP) is 5.03. The van der Waals surface area contributed by atoms with Gasteiger partial charge in [0.05, 0.1) is 10.7 Å². The zero-order valence-electron chi connectivity index (χ0n) is 13.0. The number of aromatic nitrogens is 1. The molecule has 3 nitrogen and oxygen atoms in total. The van der Waals surface area contributed by atoms with Gasteiger partial charge in [0.1, 0.15) is 0 Å². The van der Waals surface area contributed by atoms with Crippen molar-refractivity contribution in [3.8, 4) is 11.3 Å². The summed E-state index contributed by atoms with van der Waals surface area (Å²) >= 11 is 1.64. The molecule has 2 aromatic rings. The van der Waals surface area contributed by atoms with Crippen LogP contribution in [0.4, 0.5) is 5.69 Å². The number of hydrogen-bond donors (Lipinski definition) is 1. The van der Waals surface area contributed by atoms with Crippen LogP contribution in [0.25, 0.3) is 11.3 Å². The molecule has 1 aromatic carbocycles. The minimum absolute atomic E-state index is 0.124. The quantitative estimate of drug-likeness (QED) is 0.841. The van der Waals surface area contributed by atoms with Crippen molar-refractivity contribution in [2.45, 2.75) is 45.4 Å². The number of hydrogen-bond acceptors (Lipinski definition) is 3. The largest absolute Gasteiger partial charge is 0.326 e. The van der Waals surface area contributed by atoms with Gasteiger partial charge in [0.2, 0.25) is 5.91 Å². The van der Waals surface area contributed by atoms with Crippen molar-refractivity contribution in [1.82, 2.24) is 4.98 Å². The second-order valence-corrected chi connectivity index (χ2v) is 7.13. The second kappa shape index (κ2) is 7.05. The summed E-state index contributed by atoms with van der Waals surface area (Å²) in [5.41, 5.74) is 2.89. The third-order valence-electron chi connectivity index (χ3n) is 4.32. The Balaban J connectivity index is 1.58. The normalized spacial score (nSPS) is 15.1. The van der Waals surface area contributed by atoms with Gasteiger partial charge in [-0.3, -0.25) is 4.79 Å². The molecule has 0 saturated heterocycles. The zero-order valence-corrected chi connectivity index (χ0v) is 13.8. The maximum atomic E-state index is 12.1. The van der Waals surface area contributed by atoms with Crippen LogP contribution in [0.2, 0.25) is 0 Å². The number of nitrogens with zero attached hydrogens (tertiary/aromatic N) is 1. The number of nitrogens with one attached hydrogen (secondary N) is 1. The van der Waals surface area contributed by atoms with Gasteiger partial charge in [-0.25, -0.2) is 4.98 Å². The van der Waals surface area contributed by atoms with Crippen LogP contribution in [-0.4, -0.2) is 10.9 Å². The molecule has 1 aliphatic carbocycles. The lowest BCUT2D eigenvalue weighted by molar-refractivity contribution is -0.116. The van der Waals surface area contributed by atoms with Crippen LogP contribution in [0.1, 0.15) is 43.5 Å². The van der Waals surface area contributed by atoms with Crippen LogP contribution < -0.4 is 5.32 Å². The lowest BCUT2D eigenvalue weighted by Crippen LogP contribution is -2.12. The van der Waals surface area contributed by atoms with E-state index >= 15 is 0 Å². The van der Waals surface area contributed by atoms with E-state index in [1.807, 2.05) is 31.2 Å². The molecule has 0 unspecified atom stereocenters. The number of amides is 1. The smallest absolute Gasteiger partial charge is 0.224 e. The van der Waals surface area contributed by atoms with Crippen molar-refractivity contribution in [2.24, 2.45) is 5.92 Å². The monoisotopic (exact) mass is 314 g/mol. The molecule has 1 saturated carbocycles. The average molecular weight is 314 g/mol. The fraction of sp³-hybridized carbons (Fsp3) is 0.444. The van der Waals surface area contributed by atoms with Crippen LogP contribution >= 0.6 is 11.3 Å². The van der Waals surface area contributed by atoms with Crippen molar-refractivity contribution in [2.75, 3.05) is 5.32 Å². The molecule has 0 atom stereocenters. The Morgan fingerprint density at radius 3 is 2.91 bits per heavy atom. The van der Waals surface area contributed by atoms with Gasteiger partial charge in [-0.2, -0.15) is 0 Å². The van der Waals surface area contributed by atoms with Gasteiger partial charge >= 0.3 is 0 Å². The third kappa shape index (κ3) is 3.95. The van der Waals surface area contributed by atoms with Crippen molar-refractivity contribution in [3.05, 3.63) is 34.7 Å². The van der Waals surface area contributed by atoms with Crippen LogP contribution in [0.3, 0.4) is 0 Å². The van der Waals surface area contributed by atoms with Crippen molar-refractivity contribution in [1.29, 1.82) is 0 Å². The SMILES string of the molecule is Cc1nc(-c2cccc(NC(=O)CCC3CCCC3)c2)cs1. The summed E-state index contributed by atoms with van der Waals surface area (Å²) in [5.74, 6) is 0.883. The van der Waals surface area contributed by atoms with Crippen LogP contribution in [-0.2, 0) is 4.79 Å². The van der Waals surface area contributed by atoms with Crippen LogP contribution in [0.5, 0.6) is 0 Å². The summed E-state index contributed by atoms with van der Waals surface area (Å²) < 4.78 is 0. The first-order valence-corrected chi connectivity index (χ1v) is 8.91. The summed E-state index contributed by atoms with van der Waals surface area (Å²) in [7, 11) is 0.